The molecule has 3 aromatic rings. The van der Waals surface area contributed by atoms with Crippen LogP contribution in [-0.2, 0) is 72.2 Å². The molecule has 3 atom stereocenters. The van der Waals surface area contributed by atoms with Gasteiger partial charge in [-0.15, -0.1) is 0 Å². The molecule has 351 valence electrons. The zero-order valence-electron chi connectivity index (χ0n) is 36.9. The first-order valence-electron chi connectivity index (χ1n) is 21.4. The third-order valence-corrected chi connectivity index (χ3v) is 13.7. The molecule has 23 heteroatoms. The molecule has 21 nitrogen and oxygen atoms in total. The first-order valence-corrected chi connectivity index (χ1v) is 24.2. The van der Waals surface area contributed by atoms with Crippen LogP contribution in [0.25, 0.3) is 22.3 Å². The summed E-state index contributed by atoms with van der Waals surface area (Å²) >= 11 is 0.484. The standard InChI is InChI=1S/C44H47FN9O12.Pb/c1-6-22-24-11-30-39-25(16-53(30)41(62)26(24)18-65-42(22)63)38-28(8-7-23-20(2)27(45)12-29(51-39)37(23)38)52-43(64)44(4,5)66-19-49-32(56)14-48-40(61)21(3)50-33(57)15-46-31(55)13-47-34(58)17-54-35(59)9-10-36(54)60;/h9-12,21-22,28H,3,6-8,13-19H2,1-2,4-5H3,(H,46,55)(H,47,58)(H,48,61)(H,49,56)(H,50,57)(H,52,64);. The van der Waals surface area contributed by atoms with Crippen molar-refractivity contribution in [2.75, 3.05) is 32.9 Å². The number of hydrogen-bond donors (Lipinski definition) is 6. The fraction of sp³-hybridized carbons (Fsp3) is 0.432. The molecule has 8 amide bonds. The predicted octanol–water partition coefficient (Wildman–Crippen LogP) is -1.26. The van der Waals surface area contributed by atoms with Crippen LogP contribution < -0.4 is 37.5 Å². The normalized spacial score (nSPS) is 17.2. The van der Waals surface area contributed by atoms with E-state index in [1.54, 1.807) is 17.6 Å². The SMILES string of the molecule is CCC1C(=O)OCc2c1cc1n(c2=O)Cc2c-1nc1cc(F)c(C)c3c1c2C(NC(=O)C(C)(C)OCNC(=O)CNC(=O)C([CH2][Pb])NC(=O)CNC(=O)CNC(=O)CN1C(=O)C=CC1=O)CC3. The number of aryl methyl sites for hydroxylation is 1. The molecule has 3 unspecified atom stereocenters. The van der Waals surface area contributed by atoms with Gasteiger partial charge in [-0.05, 0) is 54.5 Å². The number of aromatic nitrogens is 2. The minimum atomic E-state index is -1.50. The van der Waals surface area contributed by atoms with Crippen LogP contribution in [-0.4, -0.2) is 138 Å². The Kier molecular flexibility index (Phi) is 14.3. The molecule has 3 radical (unpaired) electrons. The smallest absolute Gasteiger partial charge is 0.269 e. The van der Waals surface area contributed by atoms with E-state index in [0.717, 1.165) is 17.7 Å². The summed E-state index contributed by atoms with van der Waals surface area (Å²) in [7, 11) is 0. The molecule has 0 saturated carbocycles. The van der Waals surface area contributed by atoms with Gasteiger partial charge in [0.05, 0.1) is 41.0 Å². The molecule has 0 saturated heterocycles. The van der Waals surface area contributed by atoms with Crippen LogP contribution in [0, 0.1) is 12.7 Å². The van der Waals surface area contributed by atoms with Gasteiger partial charge in [0, 0.05) is 29.2 Å². The first-order chi connectivity index (χ1) is 31.8. The number of ether oxygens (including phenoxy) is 2. The van der Waals surface area contributed by atoms with Crippen molar-refractivity contribution in [1.82, 2.24) is 46.4 Å². The molecule has 67 heavy (non-hydrogen) atoms. The second-order valence-corrected chi connectivity index (χ2v) is 18.4. The van der Waals surface area contributed by atoms with Crippen LogP contribution >= 0.6 is 0 Å². The summed E-state index contributed by atoms with van der Waals surface area (Å²) in [4.78, 5) is 132. The second-order valence-electron chi connectivity index (χ2n) is 16.8. The summed E-state index contributed by atoms with van der Waals surface area (Å²) in [6, 6.07) is 1.54. The van der Waals surface area contributed by atoms with E-state index in [1.807, 2.05) is 6.92 Å². The first kappa shape index (κ1) is 48.5. The van der Waals surface area contributed by atoms with Gasteiger partial charge < -0.3 is 9.30 Å². The summed E-state index contributed by atoms with van der Waals surface area (Å²) < 4.78 is 28.4. The third kappa shape index (κ3) is 9.99. The minimum Gasteiger partial charge on any atom is -0.269 e. The summed E-state index contributed by atoms with van der Waals surface area (Å²) in [6.45, 7) is 3.98. The zero-order valence-corrected chi connectivity index (χ0v) is 40.8. The Hall–Kier alpha value is -6.44. The maximum absolute atomic E-state index is 15.4. The van der Waals surface area contributed by atoms with Gasteiger partial charge in [-0.2, -0.15) is 0 Å². The second kappa shape index (κ2) is 19.8. The molecule has 7 rings (SSSR count). The summed E-state index contributed by atoms with van der Waals surface area (Å²) in [5.41, 5.74) is 3.13. The maximum atomic E-state index is 15.4. The van der Waals surface area contributed by atoms with Crippen LogP contribution in [0.5, 0.6) is 0 Å². The molecular weight excluding hydrogens is 1070 g/mol. The van der Waals surface area contributed by atoms with E-state index in [1.165, 1.54) is 19.9 Å². The molecule has 0 fully saturated rings. The third-order valence-electron chi connectivity index (χ3n) is 12.1. The molecule has 2 aromatic heterocycles. The van der Waals surface area contributed by atoms with E-state index in [-0.39, 0.29) is 22.7 Å². The monoisotopic (exact) mass is 1120 g/mol. The fourth-order valence-electron chi connectivity index (χ4n) is 8.43. The van der Waals surface area contributed by atoms with Crippen LogP contribution in [0.2, 0.25) is 3.98 Å². The minimum absolute atomic E-state index is 0.133. The van der Waals surface area contributed by atoms with Gasteiger partial charge in [-0.1, -0.05) is 6.92 Å². The van der Waals surface area contributed by atoms with Crippen molar-refractivity contribution in [3.63, 3.8) is 0 Å². The molecule has 1 aromatic carbocycles. The molecule has 4 aliphatic rings. The van der Waals surface area contributed by atoms with Crippen molar-refractivity contribution < 1.29 is 57.0 Å². The van der Waals surface area contributed by atoms with Crippen molar-refractivity contribution in [3.05, 3.63) is 73.8 Å². The van der Waals surface area contributed by atoms with Gasteiger partial charge in [-0.3, -0.25) is 19.2 Å². The number of esters is 1. The van der Waals surface area contributed by atoms with E-state index in [4.69, 9.17) is 14.5 Å². The van der Waals surface area contributed by atoms with Crippen molar-refractivity contribution in [3.8, 4) is 11.4 Å². The Balaban J connectivity index is 0.916. The average molecular weight is 1120 g/mol. The van der Waals surface area contributed by atoms with Crippen LogP contribution in [0.4, 0.5) is 4.39 Å². The van der Waals surface area contributed by atoms with Gasteiger partial charge in [0.2, 0.25) is 0 Å². The molecule has 5 heterocycles. The van der Waals surface area contributed by atoms with Crippen molar-refractivity contribution >= 4 is 89.9 Å². The van der Waals surface area contributed by atoms with E-state index < -0.39 is 116 Å². The predicted molar refractivity (Wildman–Crippen MR) is 233 cm³/mol. The number of carbonyl (C=O) groups excluding carboxylic acids is 9. The zero-order chi connectivity index (χ0) is 48.5. The molecule has 0 bridgehead atoms. The number of rotatable bonds is 17. The van der Waals surface area contributed by atoms with E-state index in [2.05, 4.69) is 31.9 Å². The summed E-state index contributed by atoms with van der Waals surface area (Å²) in [5.74, 6) is -6.86. The number of fused-ring (bicyclic) bond motifs is 5. The van der Waals surface area contributed by atoms with Gasteiger partial charge >= 0.3 is 200 Å². The van der Waals surface area contributed by atoms with E-state index in [0.29, 0.717) is 100 Å². The van der Waals surface area contributed by atoms with Gasteiger partial charge in [0.25, 0.3) is 17.4 Å². The number of pyridine rings is 2. The van der Waals surface area contributed by atoms with Gasteiger partial charge in [0.1, 0.15) is 12.4 Å². The molecule has 1 aliphatic carbocycles. The summed E-state index contributed by atoms with van der Waals surface area (Å²) in [6.07, 6.45) is 3.28. The van der Waals surface area contributed by atoms with E-state index in [9.17, 15) is 47.9 Å². The van der Waals surface area contributed by atoms with Crippen LogP contribution in [0.15, 0.2) is 29.1 Å². The van der Waals surface area contributed by atoms with Crippen molar-refractivity contribution in [2.45, 2.75) is 87.7 Å². The van der Waals surface area contributed by atoms with Crippen LogP contribution in [0.1, 0.15) is 79.0 Å². The Morgan fingerprint density at radius 3 is 2.30 bits per heavy atom. The average Bonchev–Trinajstić information content (AvgIpc) is 3.82. The van der Waals surface area contributed by atoms with Crippen molar-refractivity contribution in [2.24, 2.45) is 0 Å². The Morgan fingerprint density at radius 1 is 0.925 bits per heavy atom. The molecule has 0 spiro atoms. The fourth-order valence-corrected chi connectivity index (χ4v) is 9.55. The Labute approximate surface area is 397 Å². The number of nitrogens with zero attached hydrogens (tertiary/aromatic N) is 3. The quantitative estimate of drug-likeness (QED) is 0.0312. The van der Waals surface area contributed by atoms with Crippen molar-refractivity contribution in [1.29, 1.82) is 0 Å². The number of amides is 8. The van der Waals surface area contributed by atoms with Crippen LogP contribution in [0.3, 0.4) is 0 Å². The summed E-state index contributed by atoms with van der Waals surface area (Å²) in [5, 5.41) is 15.7. The number of nitrogens with one attached hydrogen (secondary N) is 6. The number of carbonyl (C=O) groups is 9. The van der Waals surface area contributed by atoms with E-state index >= 15 is 4.39 Å². The molecule has 6 N–H and O–H groups in total. The Morgan fingerprint density at radius 2 is 1.60 bits per heavy atom. The number of hydrogen-bond acceptors (Lipinski definition) is 13. The Bertz CT molecular complexity index is 2740. The van der Waals surface area contributed by atoms with Gasteiger partial charge in [0.15, 0.2) is 0 Å². The number of halogens is 1. The topological polar surface area (TPSA) is 282 Å². The number of cyclic esters (lactones) is 1. The molecular formula is C44H47FN9O12Pb. The van der Waals surface area contributed by atoms with Gasteiger partial charge in [-0.25, -0.2) is 9.37 Å². The number of benzene rings is 1. The number of imide groups is 1. The molecule has 3 aliphatic heterocycles.